The van der Waals surface area contributed by atoms with Gasteiger partial charge in [-0.15, -0.1) is 0 Å². The minimum absolute atomic E-state index is 0.172. The Morgan fingerprint density at radius 2 is 2.42 bits per heavy atom. The topological polar surface area (TPSA) is 72.6 Å². The molecular formula is C7H9NO4. The quantitative estimate of drug-likeness (QED) is 0.732. The highest BCUT2D eigenvalue weighted by Crippen LogP contribution is 2.23. The monoisotopic (exact) mass is 171 g/mol. The van der Waals surface area contributed by atoms with Crippen molar-refractivity contribution in [1.29, 1.82) is 0 Å². The van der Waals surface area contributed by atoms with Gasteiger partial charge < -0.3 is 14.4 Å². The summed E-state index contributed by atoms with van der Waals surface area (Å²) in [5, 5.41) is 12.0. The van der Waals surface area contributed by atoms with Crippen LogP contribution in [0.4, 0.5) is 0 Å². The Balaban J connectivity index is 3.13. The average Bonchev–Trinajstić information content (AvgIpc) is 2.46. The molecule has 12 heavy (non-hydrogen) atoms. The fourth-order valence-corrected chi connectivity index (χ4v) is 0.887. The first-order valence-corrected chi connectivity index (χ1v) is 3.46. The van der Waals surface area contributed by atoms with E-state index in [1.807, 2.05) is 6.92 Å². The van der Waals surface area contributed by atoms with E-state index in [1.54, 1.807) is 0 Å². The molecule has 1 N–H and O–H groups in total. The van der Waals surface area contributed by atoms with Crippen molar-refractivity contribution in [2.24, 2.45) is 0 Å². The second-order valence-corrected chi connectivity index (χ2v) is 2.15. The summed E-state index contributed by atoms with van der Waals surface area (Å²) in [5.41, 5.74) is -0.172. The molecule has 5 nitrogen and oxygen atoms in total. The Morgan fingerprint density at radius 3 is 2.83 bits per heavy atom. The van der Waals surface area contributed by atoms with E-state index in [4.69, 9.17) is 14.4 Å². The first-order valence-electron chi connectivity index (χ1n) is 3.46. The number of rotatable bonds is 3. The van der Waals surface area contributed by atoms with Crippen molar-refractivity contribution in [2.75, 3.05) is 7.11 Å². The fraction of sp³-hybridized carbons (Fsp3) is 0.429. The summed E-state index contributed by atoms with van der Waals surface area (Å²) in [4.78, 5) is 10.5. The van der Waals surface area contributed by atoms with Gasteiger partial charge in [0.15, 0.2) is 11.5 Å². The summed E-state index contributed by atoms with van der Waals surface area (Å²) in [6, 6.07) is 0. The van der Waals surface area contributed by atoms with Crippen molar-refractivity contribution in [2.45, 2.75) is 13.3 Å². The third kappa shape index (κ3) is 1.25. The van der Waals surface area contributed by atoms with E-state index in [-0.39, 0.29) is 11.4 Å². The minimum atomic E-state index is -1.14. The van der Waals surface area contributed by atoms with Gasteiger partial charge in [-0.1, -0.05) is 12.1 Å². The van der Waals surface area contributed by atoms with Crippen LogP contribution in [0.25, 0.3) is 0 Å². The van der Waals surface area contributed by atoms with E-state index in [9.17, 15) is 4.79 Å². The largest absolute Gasteiger partial charge is 0.491 e. The number of hydrogen-bond acceptors (Lipinski definition) is 4. The lowest BCUT2D eigenvalue weighted by Crippen LogP contribution is -1.99. The Kier molecular flexibility index (Phi) is 2.32. The molecule has 0 amide bonds. The molecular weight excluding hydrogens is 162 g/mol. The van der Waals surface area contributed by atoms with E-state index < -0.39 is 5.97 Å². The SMILES string of the molecule is CCc1onc(C(=O)O)c1OC. The van der Waals surface area contributed by atoms with Crippen molar-refractivity contribution in [3.63, 3.8) is 0 Å². The van der Waals surface area contributed by atoms with Gasteiger partial charge >= 0.3 is 5.97 Å². The molecule has 0 saturated carbocycles. The molecule has 1 heterocycles. The van der Waals surface area contributed by atoms with Gasteiger partial charge in [0.05, 0.1) is 7.11 Å². The normalized spacial score (nSPS) is 9.83. The number of carboxylic acid groups (broad SMARTS) is 1. The number of aromatic carboxylic acids is 1. The van der Waals surface area contributed by atoms with Crippen LogP contribution in [-0.4, -0.2) is 23.3 Å². The summed E-state index contributed by atoms with van der Waals surface area (Å²) in [5.74, 6) is -0.477. The summed E-state index contributed by atoms with van der Waals surface area (Å²) < 4.78 is 9.57. The molecule has 1 aromatic heterocycles. The van der Waals surface area contributed by atoms with Crippen molar-refractivity contribution in [1.82, 2.24) is 5.16 Å². The van der Waals surface area contributed by atoms with E-state index in [1.165, 1.54) is 7.11 Å². The highest BCUT2D eigenvalue weighted by atomic mass is 16.5. The van der Waals surface area contributed by atoms with Gasteiger partial charge in [-0.25, -0.2) is 4.79 Å². The zero-order valence-electron chi connectivity index (χ0n) is 6.83. The third-order valence-corrected chi connectivity index (χ3v) is 1.44. The van der Waals surface area contributed by atoms with E-state index in [0.29, 0.717) is 12.2 Å². The maximum absolute atomic E-state index is 10.5. The zero-order valence-corrected chi connectivity index (χ0v) is 6.83. The molecule has 5 heteroatoms. The zero-order chi connectivity index (χ0) is 9.14. The lowest BCUT2D eigenvalue weighted by Gasteiger charge is -1.96. The van der Waals surface area contributed by atoms with Crippen molar-refractivity contribution in [3.05, 3.63) is 11.5 Å². The maximum Gasteiger partial charge on any atom is 0.362 e. The van der Waals surface area contributed by atoms with Crippen LogP contribution >= 0.6 is 0 Å². The molecule has 0 spiro atoms. The van der Waals surface area contributed by atoms with Crippen LogP contribution in [0, 0.1) is 0 Å². The molecule has 1 rings (SSSR count). The Bertz CT molecular complexity index is 292. The smallest absolute Gasteiger partial charge is 0.362 e. The van der Waals surface area contributed by atoms with Crippen molar-refractivity contribution >= 4 is 5.97 Å². The molecule has 0 radical (unpaired) electrons. The van der Waals surface area contributed by atoms with Crippen LogP contribution in [0.5, 0.6) is 5.75 Å². The number of aryl methyl sites for hydroxylation is 1. The van der Waals surface area contributed by atoms with Crippen molar-refractivity contribution in [3.8, 4) is 5.75 Å². The van der Waals surface area contributed by atoms with Crippen LogP contribution in [0.1, 0.15) is 23.2 Å². The van der Waals surface area contributed by atoms with E-state index in [2.05, 4.69) is 5.16 Å². The lowest BCUT2D eigenvalue weighted by molar-refractivity contribution is 0.0682. The average molecular weight is 171 g/mol. The molecule has 0 aliphatic heterocycles. The molecule has 0 aliphatic rings. The fourth-order valence-electron chi connectivity index (χ4n) is 0.887. The summed E-state index contributed by atoms with van der Waals surface area (Å²) in [7, 11) is 1.39. The van der Waals surface area contributed by atoms with Crippen LogP contribution in [0.3, 0.4) is 0 Å². The van der Waals surface area contributed by atoms with E-state index in [0.717, 1.165) is 0 Å². The second kappa shape index (κ2) is 3.25. The predicted octanol–water partition coefficient (Wildman–Crippen LogP) is 0.944. The van der Waals surface area contributed by atoms with Gasteiger partial charge in [0.1, 0.15) is 0 Å². The van der Waals surface area contributed by atoms with Crippen molar-refractivity contribution < 1.29 is 19.2 Å². The van der Waals surface area contributed by atoms with Gasteiger partial charge in [-0.05, 0) is 0 Å². The lowest BCUT2D eigenvalue weighted by atomic mass is 10.3. The Morgan fingerprint density at radius 1 is 1.75 bits per heavy atom. The number of methoxy groups -OCH3 is 1. The van der Waals surface area contributed by atoms with Crippen LogP contribution < -0.4 is 4.74 Å². The number of nitrogens with zero attached hydrogens (tertiary/aromatic N) is 1. The number of hydrogen-bond donors (Lipinski definition) is 1. The highest BCUT2D eigenvalue weighted by molar-refractivity contribution is 5.88. The van der Waals surface area contributed by atoms with Gasteiger partial charge in [0.2, 0.25) is 5.69 Å². The molecule has 1 aromatic rings. The molecule has 0 aliphatic carbocycles. The van der Waals surface area contributed by atoms with E-state index >= 15 is 0 Å². The van der Waals surface area contributed by atoms with Gasteiger partial charge in [-0.2, -0.15) is 0 Å². The van der Waals surface area contributed by atoms with Crippen LogP contribution in [0.15, 0.2) is 4.52 Å². The predicted molar refractivity (Wildman–Crippen MR) is 39.4 cm³/mol. The molecule has 0 atom stereocenters. The Labute approximate surface area is 68.9 Å². The van der Waals surface area contributed by atoms with Crippen LogP contribution in [-0.2, 0) is 6.42 Å². The van der Waals surface area contributed by atoms with Crippen LogP contribution in [0.2, 0.25) is 0 Å². The first kappa shape index (κ1) is 8.58. The summed E-state index contributed by atoms with van der Waals surface area (Å²) >= 11 is 0. The Hall–Kier alpha value is -1.52. The molecule has 0 fully saturated rings. The standard InChI is InChI=1S/C7H9NO4/c1-3-4-6(11-2)5(7(9)10)8-12-4/h3H2,1-2H3,(H,9,10). The second-order valence-electron chi connectivity index (χ2n) is 2.15. The molecule has 0 aromatic carbocycles. The molecule has 66 valence electrons. The maximum atomic E-state index is 10.5. The summed E-state index contributed by atoms with van der Waals surface area (Å²) in [6.45, 7) is 1.83. The van der Waals surface area contributed by atoms with Gasteiger partial charge in [-0.3, -0.25) is 0 Å². The summed E-state index contributed by atoms with van der Waals surface area (Å²) in [6.07, 6.45) is 0.559. The van der Waals surface area contributed by atoms with Gasteiger partial charge in [0, 0.05) is 6.42 Å². The molecule has 0 saturated heterocycles. The van der Waals surface area contributed by atoms with Gasteiger partial charge in [0.25, 0.3) is 0 Å². The highest BCUT2D eigenvalue weighted by Gasteiger charge is 2.20. The number of ether oxygens (including phenoxy) is 1. The number of aromatic nitrogens is 1. The molecule has 0 bridgehead atoms. The third-order valence-electron chi connectivity index (χ3n) is 1.44. The molecule has 0 unspecified atom stereocenters. The minimum Gasteiger partial charge on any atom is -0.491 e. The number of carbonyl (C=O) groups is 1. The first-order chi connectivity index (χ1) is 5.70. The number of carboxylic acids is 1.